The van der Waals surface area contributed by atoms with E-state index >= 15 is 0 Å². The minimum Gasteiger partial charge on any atom is -0.441 e. The van der Waals surface area contributed by atoms with Gasteiger partial charge >= 0.3 is 0 Å². The Bertz CT molecular complexity index is 608. The maximum atomic E-state index is 11.6. The molecule has 1 atom stereocenters. The van der Waals surface area contributed by atoms with Crippen LogP contribution in [0.5, 0.6) is 0 Å². The summed E-state index contributed by atoms with van der Waals surface area (Å²) in [5.74, 6) is 1.10. The highest BCUT2D eigenvalue weighted by molar-refractivity contribution is 6.30. The van der Waals surface area contributed by atoms with E-state index in [0.29, 0.717) is 42.5 Å². The molecule has 6 heteroatoms. The Kier molecular flexibility index (Phi) is 5.98. The van der Waals surface area contributed by atoms with Crippen molar-refractivity contribution in [3.63, 3.8) is 0 Å². The molecule has 1 amide bonds. The molecule has 0 saturated carbocycles. The van der Waals surface area contributed by atoms with E-state index in [2.05, 4.69) is 10.3 Å². The summed E-state index contributed by atoms with van der Waals surface area (Å²) in [6.07, 6.45) is 2.53. The summed E-state index contributed by atoms with van der Waals surface area (Å²) in [7, 11) is 0. The molecular formula is C16H19ClN2O3. The van der Waals surface area contributed by atoms with Gasteiger partial charge in [0.1, 0.15) is 0 Å². The zero-order valence-electron chi connectivity index (χ0n) is 12.4. The standard InChI is InChI=1S/C16H19ClN2O3/c1-11(20)8-9-18-15(21)6-7-16-19-10-14(22-16)12-2-4-13(17)5-3-12/h2-5,10-11,20H,6-9H2,1H3,(H,18,21). The number of rotatable bonds is 7. The average molecular weight is 323 g/mol. The number of hydrogen-bond acceptors (Lipinski definition) is 4. The number of benzene rings is 1. The lowest BCUT2D eigenvalue weighted by molar-refractivity contribution is -0.121. The second kappa shape index (κ2) is 7.96. The van der Waals surface area contributed by atoms with Crippen molar-refractivity contribution in [2.45, 2.75) is 32.3 Å². The number of nitrogens with zero attached hydrogens (tertiary/aromatic N) is 1. The second-order valence-electron chi connectivity index (χ2n) is 5.11. The first-order valence-corrected chi connectivity index (χ1v) is 7.58. The number of aromatic nitrogens is 1. The summed E-state index contributed by atoms with van der Waals surface area (Å²) in [4.78, 5) is 15.8. The van der Waals surface area contributed by atoms with Gasteiger partial charge < -0.3 is 14.8 Å². The van der Waals surface area contributed by atoms with Crippen molar-refractivity contribution in [2.75, 3.05) is 6.54 Å². The molecule has 1 unspecified atom stereocenters. The van der Waals surface area contributed by atoms with Gasteiger partial charge in [-0.2, -0.15) is 0 Å². The van der Waals surface area contributed by atoms with Crippen molar-refractivity contribution in [2.24, 2.45) is 0 Å². The number of hydrogen-bond donors (Lipinski definition) is 2. The SMILES string of the molecule is CC(O)CCNC(=O)CCc1ncc(-c2ccc(Cl)cc2)o1. The minimum absolute atomic E-state index is 0.0770. The number of halogens is 1. The largest absolute Gasteiger partial charge is 0.441 e. The molecule has 0 spiro atoms. The maximum absolute atomic E-state index is 11.6. The Hall–Kier alpha value is -1.85. The third-order valence-electron chi connectivity index (χ3n) is 3.13. The quantitative estimate of drug-likeness (QED) is 0.822. The van der Waals surface area contributed by atoms with Crippen LogP contribution in [0.15, 0.2) is 34.9 Å². The smallest absolute Gasteiger partial charge is 0.220 e. The molecule has 1 aromatic carbocycles. The van der Waals surface area contributed by atoms with Gasteiger partial charge in [-0.25, -0.2) is 4.98 Å². The fourth-order valence-corrected chi connectivity index (χ4v) is 2.03. The van der Waals surface area contributed by atoms with Gasteiger partial charge in [0.05, 0.1) is 12.3 Å². The molecule has 22 heavy (non-hydrogen) atoms. The number of carbonyl (C=O) groups is 1. The highest BCUT2D eigenvalue weighted by Crippen LogP contribution is 2.22. The molecule has 2 rings (SSSR count). The van der Waals surface area contributed by atoms with Crippen molar-refractivity contribution >= 4 is 17.5 Å². The van der Waals surface area contributed by atoms with Crippen LogP contribution in [-0.4, -0.2) is 28.6 Å². The van der Waals surface area contributed by atoms with Crippen LogP contribution in [0.4, 0.5) is 0 Å². The van der Waals surface area contributed by atoms with E-state index < -0.39 is 6.10 Å². The molecule has 1 aromatic heterocycles. The fourth-order valence-electron chi connectivity index (χ4n) is 1.90. The Labute approximate surface area is 134 Å². The Morgan fingerprint density at radius 2 is 2.14 bits per heavy atom. The number of aryl methyl sites for hydroxylation is 1. The molecule has 0 fully saturated rings. The van der Waals surface area contributed by atoms with Gasteiger partial charge in [0.2, 0.25) is 5.91 Å². The second-order valence-corrected chi connectivity index (χ2v) is 5.55. The normalized spacial score (nSPS) is 12.1. The molecule has 0 aliphatic carbocycles. The molecule has 0 bridgehead atoms. The Morgan fingerprint density at radius 1 is 1.41 bits per heavy atom. The van der Waals surface area contributed by atoms with Crippen LogP contribution < -0.4 is 5.32 Å². The first-order valence-electron chi connectivity index (χ1n) is 7.20. The van der Waals surface area contributed by atoms with Gasteiger partial charge in [0.15, 0.2) is 11.7 Å². The van der Waals surface area contributed by atoms with Crippen molar-refractivity contribution in [1.29, 1.82) is 0 Å². The van der Waals surface area contributed by atoms with Crippen molar-refractivity contribution in [3.05, 3.63) is 41.4 Å². The first-order chi connectivity index (χ1) is 10.5. The molecule has 1 heterocycles. The number of oxazole rings is 1. The van der Waals surface area contributed by atoms with Crippen LogP contribution in [0.2, 0.25) is 5.02 Å². The van der Waals surface area contributed by atoms with Crippen LogP contribution in [0.3, 0.4) is 0 Å². The van der Waals surface area contributed by atoms with Crippen molar-refractivity contribution in [1.82, 2.24) is 10.3 Å². The van der Waals surface area contributed by atoms with E-state index in [1.165, 1.54) is 0 Å². The van der Waals surface area contributed by atoms with Gasteiger partial charge in [0, 0.05) is 30.0 Å². The zero-order valence-corrected chi connectivity index (χ0v) is 13.1. The highest BCUT2D eigenvalue weighted by atomic mass is 35.5. The average Bonchev–Trinajstić information content (AvgIpc) is 2.94. The van der Waals surface area contributed by atoms with Crippen LogP contribution in [-0.2, 0) is 11.2 Å². The highest BCUT2D eigenvalue weighted by Gasteiger charge is 2.09. The van der Waals surface area contributed by atoms with Crippen molar-refractivity contribution in [3.8, 4) is 11.3 Å². The van der Waals surface area contributed by atoms with E-state index in [1.54, 1.807) is 25.3 Å². The molecule has 2 N–H and O–H groups in total. The van der Waals surface area contributed by atoms with Gasteiger partial charge in [-0.05, 0) is 37.6 Å². The number of aliphatic hydroxyl groups excluding tert-OH is 1. The van der Waals surface area contributed by atoms with Crippen LogP contribution in [0, 0.1) is 0 Å². The van der Waals surface area contributed by atoms with Crippen LogP contribution in [0.1, 0.15) is 25.7 Å². The fraction of sp³-hybridized carbons (Fsp3) is 0.375. The summed E-state index contributed by atoms with van der Waals surface area (Å²) in [5, 5.41) is 12.5. The molecular weight excluding hydrogens is 304 g/mol. The molecule has 0 aliphatic heterocycles. The number of carbonyl (C=O) groups excluding carboxylic acids is 1. The third-order valence-corrected chi connectivity index (χ3v) is 3.38. The topological polar surface area (TPSA) is 75.4 Å². The van der Waals surface area contributed by atoms with Gasteiger partial charge in [0.25, 0.3) is 0 Å². The lowest BCUT2D eigenvalue weighted by Crippen LogP contribution is -2.26. The molecule has 0 radical (unpaired) electrons. The van der Waals surface area contributed by atoms with E-state index in [1.807, 2.05) is 12.1 Å². The monoisotopic (exact) mass is 322 g/mol. The first kappa shape index (κ1) is 16.5. The van der Waals surface area contributed by atoms with E-state index in [4.69, 9.17) is 21.1 Å². The Morgan fingerprint density at radius 3 is 2.82 bits per heavy atom. The van der Waals surface area contributed by atoms with E-state index in [9.17, 15) is 4.79 Å². The predicted molar refractivity (Wildman–Crippen MR) is 84.6 cm³/mol. The number of aliphatic hydroxyl groups is 1. The number of amides is 1. The summed E-state index contributed by atoms with van der Waals surface area (Å²) >= 11 is 5.84. The van der Waals surface area contributed by atoms with Gasteiger partial charge in [-0.3, -0.25) is 4.79 Å². The summed E-state index contributed by atoms with van der Waals surface area (Å²) in [5.41, 5.74) is 0.893. The molecule has 5 nitrogen and oxygen atoms in total. The van der Waals surface area contributed by atoms with Gasteiger partial charge in [-0.1, -0.05) is 11.6 Å². The molecule has 0 saturated heterocycles. The van der Waals surface area contributed by atoms with Crippen LogP contribution >= 0.6 is 11.6 Å². The van der Waals surface area contributed by atoms with Crippen molar-refractivity contribution < 1.29 is 14.3 Å². The zero-order chi connectivity index (χ0) is 15.9. The Balaban J connectivity index is 1.82. The lowest BCUT2D eigenvalue weighted by Gasteiger charge is -2.05. The number of nitrogens with one attached hydrogen (secondary N) is 1. The maximum Gasteiger partial charge on any atom is 0.220 e. The van der Waals surface area contributed by atoms with Crippen LogP contribution in [0.25, 0.3) is 11.3 Å². The third kappa shape index (κ3) is 5.16. The minimum atomic E-state index is -0.408. The van der Waals surface area contributed by atoms with E-state index in [0.717, 1.165) is 5.56 Å². The van der Waals surface area contributed by atoms with E-state index in [-0.39, 0.29) is 5.91 Å². The molecule has 118 valence electrons. The van der Waals surface area contributed by atoms with Gasteiger partial charge in [-0.15, -0.1) is 0 Å². The summed E-state index contributed by atoms with van der Waals surface area (Å²) in [6.45, 7) is 2.16. The summed E-state index contributed by atoms with van der Waals surface area (Å²) in [6, 6.07) is 7.29. The lowest BCUT2D eigenvalue weighted by atomic mass is 10.2. The molecule has 0 aliphatic rings. The predicted octanol–water partition coefficient (Wildman–Crippen LogP) is 2.81. The summed E-state index contributed by atoms with van der Waals surface area (Å²) < 4.78 is 5.63. The molecule has 2 aromatic rings.